The van der Waals surface area contributed by atoms with Crippen LogP contribution in [0.3, 0.4) is 0 Å². The summed E-state index contributed by atoms with van der Waals surface area (Å²) in [7, 11) is 0. The van der Waals surface area contributed by atoms with Crippen LogP contribution in [0.15, 0.2) is 11.6 Å². The average Bonchev–Trinajstić information content (AvgIpc) is 2.88. The lowest BCUT2D eigenvalue weighted by molar-refractivity contribution is 0.603. The predicted molar refractivity (Wildman–Crippen MR) is 72.7 cm³/mol. The Bertz CT molecular complexity index is 462. The van der Waals surface area contributed by atoms with Crippen LogP contribution in [-0.4, -0.2) is 14.3 Å². The Morgan fingerprint density at radius 3 is 2.88 bits per heavy atom. The number of nitrogens with zero attached hydrogens (tertiary/aromatic N) is 3. The van der Waals surface area contributed by atoms with Crippen LogP contribution in [0.5, 0.6) is 0 Å². The van der Waals surface area contributed by atoms with Crippen molar-refractivity contribution in [1.82, 2.24) is 14.3 Å². The number of anilines is 1. The van der Waals surface area contributed by atoms with E-state index in [-0.39, 0.29) is 5.54 Å². The van der Waals surface area contributed by atoms with E-state index in [1.54, 1.807) is 11.3 Å². The van der Waals surface area contributed by atoms with E-state index < -0.39 is 0 Å². The van der Waals surface area contributed by atoms with Crippen molar-refractivity contribution in [3.8, 4) is 0 Å². The van der Waals surface area contributed by atoms with Crippen molar-refractivity contribution in [3.05, 3.63) is 22.4 Å². The first-order chi connectivity index (χ1) is 8.12. The summed E-state index contributed by atoms with van der Waals surface area (Å²) in [6, 6.07) is 0. The molecule has 0 aromatic carbocycles. The third-order valence-electron chi connectivity index (χ3n) is 2.33. The third-order valence-corrected chi connectivity index (χ3v) is 4.09. The summed E-state index contributed by atoms with van der Waals surface area (Å²) < 4.78 is 4.32. The first kappa shape index (κ1) is 12.4. The maximum Gasteiger partial charge on any atom is 0.203 e. The van der Waals surface area contributed by atoms with Crippen molar-refractivity contribution in [1.29, 1.82) is 0 Å². The van der Waals surface area contributed by atoms with Crippen LogP contribution in [0, 0.1) is 0 Å². The van der Waals surface area contributed by atoms with Crippen LogP contribution in [-0.2, 0) is 12.0 Å². The highest BCUT2D eigenvalue weighted by Gasteiger charge is 2.24. The Hall–Kier alpha value is -1.01. The Labute approximate surface area is 109 Å². The third kappa shape index (κ3) is 3.01. The predicted octanol–water partition coefficient (Wildman–Crippen LogP) is 3.29. The first-order valence-electron chi connectivity index (χ1n) is 5.62. The second kappa shape index (κ2) is 5.10. The average molecular weight is 268 g/mol. The molecule has 2 aromatic rings. The summed E-state index contributed by atoms with van der Waals surface area (Å²) in [5.41, 5.74) is -0.197. The quantitative estimate of drug-likeness (QED) is 0.904. The van der Waals surface area contributed by atoms with Gasteiger partial charge in [-0.25, -0.2) is 9.97 Å². The van der Waals surface area contributed by atoms with Crippen LogP contribution in [0.25, 0.3) is 0 Å². The van der Waals surface area contributed by atoms with Gasteiger partial charge in [-0.1, -0.05) is 6.92 Å². The molecule has 92 valence electrons. The highest BCUT2D eigenvalue weighted by atomic mass is 32.1. The molecule has 2 heterocycles. The lowest BCUT2D eigenvalue weighted by Gasteiger charge is -2.22. The number of hydrogen-bond donors (Lipinski definition) is 1. The fourth-order valence-corrected chi connectivity index (χ4v) is 2.97. The van der Waals surface area contributed by atoms with Crippen molar-refractivity contribution in [2.75, 3.05) is 5.32 Å². The van der Waals surface area contributed by atoms with Crippen LogP contribution >= 0.6 is 22.9 Å². The second-order valence-electron chi connectivity index (χ2n) is 4.35. The zero-order chi connectivity index (χ0) is 12.3. The maximum atomic E-state index is 4.47. The molecule has 0 aliphatic rings. The smallest absolute Gasteiger partial charge is 0.203 e. The zero-order valence-corrected chi connectivity index (χ0v) is 11.9. The Morgan fingerprint density at radius 2 is 2.24 bits per heavy atom. The molecular formula is C11H16N4S2. The molecule has 6 heteroatoms. The summed E-state index contributed by atoms with van der Waals surface area (Å²) in [4.78, 5) is 8.81. The lowest BCUT2D eigenvalue weighted by Crippen LogP contribution is -2.27. The molecule has 0 fully saturated rings. The number of aryl methyl sites for hydroxylation is 1. The molecule has 0 amide bonds. The number of nitrogens with one attached hydrogen (secondary N) is 1. The minimum atomic E-state index is -0.197. The van der Waals surface area contributed by atoms with Crippen molar-refractivity contribution >= 4 is 28.0 Å². The molecule has 0 spiro atoms. The van der Waals surface area contributed by atoms with E-state index in [2.05, 4.69) is 40.4 Å². The van der Waals surface area contributed by atoms with E-state index in [0.717, 1.165) is 28.8 Å². The van der Waals surface area contributed by atoms with Gasteiger partial charge in [0.05, 0.1) is 5.54 Å². The molecule has 0 saturated heterocycles. The number of hydrogen-bond acceptors (Lipinski definition) is 6. The Kier molecular flexibility index (Phi) is 3.73. The molecule has 0 atom stereocenters. The number of thiazole rings is 1. The summed E-state index contributed by atoms with van der Waals surface area (Å²) in [6.45, 7) is 6.34. The fourth-order valence-electron chi connectivity index (χ4n) is 1.48. The topological polar surface area (TPSA) is 50.7 Å². The van der Waals surface area contributed by atoms with Gasteiger partial charge in [0.1, 0.15) is 10.8 Å². The van der Waals surface area contributed by atoms with Gasteiger partial charge in [0.25, 0.3) is 0 Å². The van der Waals surface area contributed by atoms with Crippen molar-refractivity contribution in [2.45, 2.75) is 39.2 Å². The molecule has 0 saturated carbocycles. The number of aromatic nitrogens is 3. The van der Waals surface area contributed by atoms with Crippen LogP contribution in [0.4, 0.5) is 5.13 Å². The van der Waals surface area contributed by atoms with Gasteiger partial charge in [-0.2, -0.15) is 4.37 Å². The molecule has 0 bridgehead atoms. The lowest BCUT2D eigenvalue weighted by atomic mass is 10.1. The monoisotopic (exact) mass is 268 g/mol. The van der Waals surface area contributed by atoms with Crippen molar-refractivity contribution in [2.24, 2.45) is 0 Å². The van der Waals surface area contributed by atoms with Crippen molar-refractivity contribution in [3.63, 3.8) is 0 Å². The van der Waals surface area contributed by atoms with E-state index in [9.17, 15) is 0 Å². The summed E-state index contributed by atoms with van der Waals surface area (Å²) in [5, 5.41) is 7.31. The molecule has 4 nitrogen and oxygen atoms in total. The highest BCUT2D eigenvalue weighted by molar-refractivity contribution is 7.10. The molecule has 2 rings (SSSR count). The number of rotatable bonds is 5. The molecule has 0 aliphatic heterocycles. The van der Waals surface area contributed by atoms with Crippen LogP contribution in [0.1, 0.15) is 38.0 Å². The van der Waals surface area contributed by atoms with Gasteiger partial charge in [0, 0.05) is 29.5 Å². The molecule has 0 aliphatic carbocycles. The molecular weight excluding hydrogens is 252 g/mol. The first-order valence-corrected chi connectivity index (χ1v) is 7.28. The van der Waals surface area contributed by atoms with E-state index >= 15 is 0 Å². The SMILES string of the molecule is CCCc1nsc(NC(C)(C)c2nccs2)n1. The summed E-state index contributed by atoms with van der Waals surface area (Å²) >= 11 is 3.07. The van der Waals surface area contributed by atoms with E-state index in [1.165, 1.54) is 11.5 Å². The maximum absolute atomic E-state index is 4.47. The molecule has 0 unspecified atom stereocenters. The molecule has 17 heavy (non-hydrogen) atoms. The van der Waals surface area contributed by atoms with Gasteiger partial charge in [-0.05, 0) is 20.3 Å². The van der Waals surface area contributed by atoms with Crippen LogP contribution in [0.2, 0.25) is 0 Å². The van der Waals surface area contributed by atoms with E-state index in [4.69, 9.17) is 0 Å². The largest absolute Gasteiger partial charge is 0.349 e. The molecule has 0 radical (unpaired) electrons. The van der Waals surface area contributed by atoms with E-state index in [0.29, 0.717) is 0 Å². The van der Waals surface area contributed by atoms with Crippen LogP contribution < -0.4 is 5.32 Å². The van der Waals surface area contributed by atoms with Gasteiger partial charge in [0.15, 0.2) is 0 Å². The minimum absolute atomic E-state index is 0.197. The minimum Gasteiger partial charge on any atom is -0.349 e. The molecule has 1 N–H and O–H groups in total. The van der Waals surface area contributed by atoms with Gasteiger partial charge < -0.3 is 5.32 Å². The van der Waals surface area contributed by atoms with E-state index in [1.807, 2.05) is 11.6 Å². The normalized spacial score (nSPS) is 11.7. The fraction of sp³-hybridized carbons (Fsp3) is 0.545. The van der Waals surface area contributed by atoms with Gasteiger partial charge in [-0.15, -0.1) is 11.3 Å². The Morgan fingerprint density at radius 1 is 1.41 bits per heavy atom. The van der Waals surface area contributed by atoms with Crippen molar-refractivity contribution < 1.29 is 0 Å². The Balaban J connectivity index is 2.09. The van der Waals surface area contributed by atoms with Gasteiger partial charge in [-0.3, -0.25) is 0 Å². The standard InChI is InChI=1S/C11H16N4S2/c1-4-5-8-13-10(17-15-8)14-11(2,3)9-12-6-7-16-9/h6-7H,4-5H2,1-3H3,(H,13,14,15). The second-order valence-corrected chi connectivity index (χ2v) is 6.00. The highest BCUT2D eigenvalue weighted by Crippen LogP contribution is 2.27. The van der Waals surface area contributed by atoms with Gasteiger partial charge in [0.2, 0.25) is 5.13 Å². The zero-order valence-electron chi connectivity index (χ0n) is 10.2. The molecule has 2 aromatic heterocycles. The summed E-state index contributed by atoms with van der Waals surface area (Å²) in [5.74, 6) is 0.926. The van der Waals surface area contributed by atoms with Gasteiger partial charge >= 0.3 is 0 Å². The summed E-state index contributed by atoms with van der Waals surface area (Å²) in [6.07, 6.45) is 3.84.